The Labute approximate surface area is 382 Å². The number of hydrogen-bond donors (Lipinski definition) is 0. The van der Waals surface area contributed by atoms with Gasteiger partial charge in [-0.1, -0.05) is 127 Å². The number of para-hydroxylation sites is 6. The van der Waals surface area contributed by atoms with E-state index in [1.54, 1.807) is 0 Å². The second-order valence-corrected chi connectivity index (χ2v) is 17.3. The van der Waals surface area contributed by atoms with Crippen LogP contribution in [0.4, 0.5) is 51.2 Å². The van der Waals surface area contributed by atoms with Gasteiger partial charge in [0.25, 0.3) is 0 Å². The van der Waals surface area contributed by atoms with Crippen LogP contribution in [0.3, 0.4) is 0 Å². The molecule has 12 rings (SSSR count). The normalized spacial score (nSPS) is 11.4. The summed E-state index contributed by atoms with van der Waals surface area (Å²) >= 11 is 1.85. The van der Waals surface area contributed by atoms with Crippen molar-refractivity contribution in [2.45, 2.75) is 0 Å². The summed E-state index contributed by atoms with van der Waals surface area (Å²) < 4.78 is 4.88. The molecule has 0 fully saturated rings. The quantitative estimate of drug-likeness (QED) is 0.136. The van der Waals surface area contributed by atoms with Gasteiger partial charge < -0.3 is 19.3 Å². The van der Waals surface area contributed by atoms with Gasteiger partial charge in [0.15, 0.2) is 0 Å². The summed E-state index contributed by atoms with van der Waals surface area (Å²) in [5.41, 5.74) is 13.4. The minimum Gasteiger partial charge on any atom is -0.310 e. The highest BCUT2D eigenvalue weighted by Crippen LogP contribution is 2.46. The Balaban J connectivity index is 0.973. The molecule has 4 nitrogen and oxygen atoms in total. The van der Waals surface area contributed by atoms with Crippen LogP contribution in [0.15, 0.2) is 255 Å². The van der Waals surface area contributed by atoms with Crippen LogP contribution in [-0.4, -0.2) is 4.57 Å². The zero-order chi connectivity index (χ0) is 43.1. The van der Waals surface area contributed by atoms with Crippen LogP contribution in [0.5, 0.6) is 0 Å². The first-order valence-electron chi connectivity index (χ1n) is 22.0. The number of rotatable bonds is 10. The van der Waals surface area contributed by atoms with Crippen molar-refractivity contribution in [3.05, 3.63) is 255 Å². The molecule has 0 spiro atoms. The molecular weight excluding hydrogens is 809 g/mol. The second kappa shape index (κ2) is 16.4. The third-order valence-corrected chi connectivity index (χ3v) is 13.4. The van der Waals surface area contributed by atoms with Crippen LogP contribution in [0.1, 0.15) is 0 Å². The highest BCUT2D eigenvalue weighted by atomic mass is 32.1. The fraction of sp³-hybridized carbons (Fsp3) is 0. The molecule has 0 bridgehead atoms. The smallest absolute Gasteiger partial charge is 0.0561 e. The molecule has 0 amide bonds. The van der Waals surface area contributed by atoms with Crippen LogP contribution < -0.4 is 14.7 Å². The van der Waals surface area contributed by atoms with Crippen molar-refractivity contribution in [3.8, 4) is 5.69 Å². The molecule has 5 heteroatoms. The highest BCUT2D eigenvalue weighted by molar-refractivity contribution is 7.25. The zero-order valence-corrected chi connectivity index (χ0v) is 36.3. The van der Waals surface area contributed by atoms with Crippen molar-refractivity contribution < 1.29 is 0 Å². The Morgan fingerprint density at radius 1 is 0.246 bits per heavy atom. The Bertz CT molecular complexity index is 3570. The molecule has 2 heterocycles. The first-order chi connectivity index (χ1) is 32.2. The number of benzene rings is 10. The summed E-state index contributed by atoms with van der Waals surface area (Å²) in [5, 5.41) is 4.96. The molecule has 65 heavy (non-hydrogen) atoms. The van der Waals surface area contributed by atoms with E-state index in [0.29, 0.717) is 0 Å². The fourth-order valence-electron chi connectivity index (χ4n) is 9.41. The zero-order valence-electron chi connectivity index (χ0n) is 35.4. The molecule has 0 radical (unpaired) electrons. The fourth-order valence-corrected chi connectivity index (χ4v) is 10.5. The van der Waals surface area contributed by atoms with Gasteiger partial charge in [-0.3, -0.25) is 0 Å². The Morgan fingerprint density at radius 3 is 1.25 bits per heavy atom. The summed E-state index contributed by atoms with van der Waals surface area (Å²) in [6.07, 6.45) is 0. The Morgan fingerprint density at radius 2 is 0.662 bits per heavy atom. The number of nitrogens with zero attached hydrogens (tertiary/aromatic N) is 4. The molecule has 0 saturated carbocycles. The summed E-state index contributed by atoms with van der Waals surface area (Å²) in [5.74, 6) is 0. The van der Waals surface area contributed by atoms with Crippen molar-refractivity contribution in [3.63, 3.8) is 0 Å². The van der Waals surface area contributed by atoms with Crippen molar-refractivity contribution >= 4 is 105 Å². The number of thiophene rings is 1. The van der Waals surface area contributed by atoms with Gasteiger partial charge in [0.1, 0.15) is 0 Å². The van der Waals surface area contributed by atoms with Crippen LogP contribution >= 0.6 is 11.3 Å². The van der Waals surface area contributed by atoms with Crippen molar-refractivity contribution in [2.75, 3.05) is 14.7 Å². The molecule has 2 aromatic heterocycles. The van der Waals surface area contributed by atoms with E-state index in [2.05, 4.69) is 274 Å². The van der Waals surface area contributed by atoms with Crippen LogP contribution in [0.25, 0.3) is 47.7 Å². The number of hydrogen-bond acceptors (Lipinski definition) is 4. The molecule has 12 aromatic rings. The van der Waals surface area contributed by atoms with Gasteiger partial charge in [0.05, 0.1) is 11.0 Å². The van der Waals surface area contributed by atoms with Gasteiger partial charge in [0.2, 0.25) is 0 Å². The van der Waals surface area contributed by atoms with Crippen molar-refractivity contribution in [1.82, 2.24) is 4.57 Å². The molecule has 0 aliphatic carbocycles. The largest absolute Gasteiger partial charge is 0.310 e. The summed E-state index contributed by atoms with van der Waals surface area (Å²) in [4.78, 5) is 7.08. The highest BCUT2D eigenvalue weighted by Gasteiger charge is 2.21. The first-order valence-corrected chi connectivity index (χ1v) is 22.8. The van der Waals surface area contributed by atoms with E-state index in [0.717, 1.165) is 56.9 Å². The molecule has 0 atom stereocenters. The summed E-state index contributed by atoms with van der Waals surface area (Å²) in [7, 11) is 0. The van der Waals surface area contributed by atoms with Crippen LogP contribution in [0.2, 0.25) is 0 Å². The predicted molar refractivity (Wildman–Crippen MR) is 278 cm³/mol. The predicted octanol–water partition coefficient (Wildman–Crippen LogP) is 17.6. The van der Waals surface area contributed by atoms with Crippen molar-refractivity contribution in [1.29, 1.82) is 0 Å². The van der Waals surface area contributed by atoms with E-state index in [4.69, 9.17) is 0 Å². The minimum atomic E-state index is 1.08. The molecule has 10 aromatic carbocycles. The van der Waals surface area contributed by atoms with Gasteiger partial charge in [0, 0.05) is 87.8 Å². The Kier molecular flexibility index (Phi) is 9.66. The van der Waals surface area contributed by atoms with E-state index in [9.17, 15) is 0 Å². The maximum absolute atomic E-state index is 2.39. The molecule has 0 N–H and O–H groups in total. The van der Waals surface area contributed by atoms with Gasteiger partial charge in [-0.25, -0.2) is 0 Å². The van der Waals surface area contributed by atoms with Gasteiger partial charge in [-0.05, 0) is 127 Å². The molecule has 0 saturated heterocycles. The van der Waals surface area contributed by atoms with Crippen LogP contribution in [-0.2, 0) is 0 Å². The summed E-state index contributed by atoms with van der Waals surface area (Å²) in [6.45, 7) is 0. The maximum atomic E-state index is 2.39. The topological polar surface area (TPSA) is 14.7 Å². The lowest BCUT2D eigenvalue weighted by atomic mass is 10.1. The molecule has 0 unspecified atom stereocenters. The SMILES string of the molecule is c1ccc(N(c2ccccc2)c2cccc(N(c3ccccc3)c3ccc4c(c3)sc3ccc(N(c5ccccc5)c5ccc6c7ccccc7n(-c7ccccc7)c6c5)cc34)c2)cc1. The van der Waals surface area contributed by atoms with E-state index in [-0.39, 0.29) is 0 Å². The molecule has 308 valence electrons. The van der Waals surface area contributed by atoms with Gasteiger partial charge >= 0.3 is 0 Å². The van der Waals surface area contributed by atoms with Gasteiger partial charge in [-0.2, -0.15) is 0 Å². The average Bonchev–Trinajstić information content (AvgIpc) is 3.91. The minimum absolute atomic E-state index is 1.08. The Hall–Kier alpha value is -8.38. The molecule has 0 aliphatic rings. The van der Waals surface area contributed by atoms with E-state index >= 15 is 0 Å². The first kappa shape index (κ1) is 38.3. The van der Waals surface area contributed by atoms with Crippen molar-refractivity contribution in [2.24, 2.45) is 0 Å². The standard InChI is InChI=1S/C60H42N4S/c1-6-19-43(20-7-1)61(44-21-8-2-9-22-44)48-29-18-30-49(39-48)62(45-23-10-3-11-24-45)52-34-37-55-56-40-50(35-38-59(56)65-60(55)42-52)63(46-25-12-4-13-26-46)51-33-36-54-53-31-16-17-32-57(53)64(58(54)41-51)47-27-14-5-15-28-47/h1-42H. The average molecular weight is 851 g/mol. The maximum Gasteiger partial charge on any atom is 0.0561 e. The lowest BCUT2D eigenvalue weighted by Crippen LogP contribution is -2.13. The third-order valence-electron chi connectivity index (χ3n) is 12.3. The number of anilines is 9. The third kappa shape index (κ3) is 6.96. The lowest BCUT2D eigenvalue weighted by molar-refractivity contribution is 1.18. The van der Waals surface area contributed by atoms with Gasteiger partial charge in [-0.15, -0.1) is 11.3 Å². The molecule has 0 aliphatic heterocycles. The van der Waals surface area contributed by atoms with E-state index < -0.39 is 0 Å². The lowest BCUT2D eigenvalue weighted by Gasteiger charge is -2.29. The van der Waals surface area contributed by atoms with E-state index in [1.807, 2.05) is 11.3 Å². The number of fused-ring (bicyclic) bond motifs is 6. The molecular formula is C60H42N4S. The number of aromatic nitrogens is 1. The van der Waals surface area contributed by atoms with Crippen LogP contribution in [0, 0.1) is 0 Å². The summed E-state index contributed by atoms with van der Waals surface area (Å²) in [6, 6.07) is 91.7. The monoisotopic (exact) mass is 850 g/mol. The second-order valence-electron chi connectivity index (χ2n) is 16.2. The van der Waals surface area contributed by atoms with E-state index in [1.165, 1.54) is 42.0 Å².